The molecule has 3 aromatic rings. The number of nitrogens with zero attached hydrogens (tertiary/aromatic N) is 3. The summed E-state index contributed by atoms with van der Waals surface area (Å²) in [7, 11) is 7.39. The predicted molar refractivity (Wildman–Crippen MR) is 128 cm³/mol. The van der Waals surface area contributed by atoms with Gasteiger partial charge in [-0.2, -0.15) is 0 Å². The molecule has 0 amide bonds. The summed E-state index contributed by atoms with van der Waals surface area (Å²) in [6, 6.07) is 4.30. The van der Waals surface area contributed by atoms with Gasteiger partial charge in [-0.05, 0) is 44.0 Å². The first-order valence-corrected chi connectivity index (χ1v) is 11.7. The van der Waals surface area contributed by atoms with Gasteiger partial charge < -0.3 is 4.74 Å². The highest BCUT2D eigenvalue weighted by Crippen LogP contribution is 2.54. The lowest BCUT2D eigenvalue weighted by molar-refractivity contribution is -0.0588. The second kappa shape index (κ2) is 9.04. The van der Waals surface area contributed by atoms with Crippen LogP contribution in [-0.4, -0.2) is 46.9 Å². The number of hydrogen-bond donors (Lipinski definition) is 0. The summed E-state index contributed by atoms with van der Waals surface area (Å²) in [6.07, 6.45) is 1.60. The van der Waals surface area contributed by atoms with Crippen LogP contribution in [0.25, 0.3) is 16.3 Å². The summed E-state index contributed by atoms with van der Waals surface area (Å²) < 4.78 is 50.2. The van der Waals surface area contributed by atoms with Crippen molar-refractivity contribution in [3.05, 3.63) is 51.5 Å². The third kappa shape index (κ3) is 4.70. The van der Waals surface area contributed by atoms with Crippen LogP contribution in [0.4, 0.5) is 13.2 Å². The average Bonchev–Trinajstić information content (AvgIpc) is 3.34. The number of thiophene rings is 1. The van der Waals surface area contributed by atoms with Crippen LogP contribution in [0.15, 0.2) is 29.8 Å². The SMILES string of the molecule is [B]C(C)(F)C(P)(c1cc(C)c(-n2cc(-c3cc(C(=O)OCC)cs3)nn2)c(Cl)c1)C(C)(F)F. The largest absolute Gasteiger partial charge is 0.462 e. The van der Waals surface area contributed by atoms with Crippen LogP contribution in [0.2, 0.25) is 5.02 Å². The Morgan fingerprint density at radius 2 is 1.97 bits per heavy atom. The van der Waals surface area contributed by atoms with Gasteiger partial charge in [0.15, 0.2) is 0 Å². The number of aromatic nitrogens is 3. The molecule has 12 heteroatoms. The summed E-state index contributed by atoms with van der Waals surface area (Å²) >= 11 is 7.74. The molecular formula is C21H21BClF3N3O2PS. The van der Waals surface area contributed by atoms with Crippen LogP contribution in [0, 0.1) is 6.92 Å². The first-order valence-electron chi connectivity index (χ1n) is 9.84. The topological polar surface area (TPSA) is 57.0 Å². The zero-order valence-corrected chi connectivity index (χ0v) is 21.1. The van der Waals surface area contributed by atoms with Gasteiger partial charge in [-0.15, -0.1) is 25.7 Å². The lowest BCUT2D eigenvalue weighted by Gasteiger charge is -2.43. The van der Waals surface area contributed by atoms with Crippen LogP contribution in [0.3, 0.4) is 0 Å². The number of benzene rings is 1. The van der Waals surface area contributed by atoms with E-state index >= 15 is 0 Å². The van der Waals surface area contributed by atoms with Crippen LogP contribution in [-0.2, 0) is 9.89 Å². The maximum Gasteiger partial charge on any atom is 0.338 e. The molecule has 0 aliphatic rings. The Bertz CT molecular complexity index is 1150. The monoisotopic (exact) mass is 513 g/mol. The minimum atomic E-state index is -3.51. The highest BCUT2D eigenvalue weighted by Gasteiger charge is 2.57. The van der Waals surface area contributed by atoms with E-state index in [4.69, 9.17) is 24.2 Å². The standard InChI is InChI=1S/C21H21BClF3N3O2PS/c1-5-31-18(30)12-7-16(33-10-12)15-9-29(28-27-15)17-11(2)6-13(8-14(17)23)21(32,19(3,22)24)20(4,25)26/h6-10H,5,32H2,1-4H3. The van der Waals surface area contributed by atoms with E-state index in [-0.39, 0.29) is 17.2 Å². The van der Waals surface area contributed by atoms with Crippen molar-refractivity contribution in [3.63, 3.8) is 0 Å². The van der Waals surface area contributed by atoms with E-state index in [0.717, 1.165) is 6.92 Å². The number of aryl methyl sites for hydroxylation is 1. The number of alkyl halides is 3. The Morgan fingerprint density at radius 1 is 1.30 bits per heavy atom. The zero-order chi connectivity index (χ0) is 24.8. The maximum atomic E-state index is 14.8. The van der Waals surface area contributed by atoms with E-state index in [9.17, 15) is 18.0 Å². The minimum Gasteiger partial charge on any atom is -0.462 e. The van der Waals surface area contributed by atoms with Gasteiger partial charge >= 0.3 is 5.97 Å². The lowest BCUT2D eigenvalue weighted by atomic mass is 9.68. The number of carbonyl (C=O) groups is 1. The summed E-state index contributed by atoms with van der Waals surface area (Å²) in [5.41, 5.74) is -1.09. The molecule has 0 fully saturated rings. The Balaban J connectivity index is 2.02. The molecule has 2 aromatic heterocycles. The van der Waals surface area contributed by atoms with Gasteiger partial charge in [-0.1, -0.05) is 22.9 Å². The molecule has 1 aromatic carbocycles. The van der Waals surface area contributed by atoms with E-state index in [0.29, 0.717) is 34.3 Å². The highest BCUT2D eigenvalue weighted by atomic mass is 35.5. The van der Waals surface area contributed by atoms with Gasteiger partial charge in [0.25, 0.3) is 5.92 Å². The van der Waals surface area contributed by atoms with Gasteiger partial charge in [0.2, 0.25) is 0 Å². The zero-order valence-electron chi connectivity index (χ0n) is 18.3. The number of rotatable bonds is 7. The summed E-state index contributed by atoms with van der Waals surface area (Å²) in [6.45, 7) is 5.13. The molecule has 0 N–H and O–H groups in total. The predicted octanol–water partition coefficient (Wildman–Crippen LogP) is 5.71. The van der Waals surface area contributed by atoms with Crippen LogP contribution >= 0.6 is 32.2 Å². The second-order valence-electron chi connectivity index (χ2n) is 7.86. The number of carbonyl (C=O) groups excluding carboxylic acids is 1. The molecule has 0 bridgehead atoms. The highest BCUT2D eigenvalue weighted by molar-refractivity contribution is 7.19. The first kappa shape index (κ1) is 25.7. The molecule has 3 unspecified atom stereocenters. The summed E-state index contributed by atoms with van der Waals surface area (Å²) in [5.74, 6) is -3.95. The molecule has 174 valence electrons. The van der Waals surface area contributed by atoms with Crippen molar-refractivity contribution < 1.29 is 22.7 Å². The molecule has 0 spiro atoms. The Morgan fingerprint density at radius 3 is 2.52 bits per heavy atom. The second-order valence-corrected chi connectivity index (χ2v) is 10.0. The summed E-state index contributed by atoms with van der Waals surface area (Å²) in [4.78, 5) is 12.6. The Labute approximate surface area is 202 Å². The van der Waals surface area contributed by atoms with Crippen molar-refractivity contribution in [1.82, 2.24) is 15.0 Å². The van der Waals surface area contributed by atoms with E-state index in [1.807, 2.05) is 9.24 Å². The molecule has 2 radical (unpaired) electrons. The number of hydrogen-bond acceptors (Lipinski definition) is 5. The van der Waals surface area contributed by atoms with Crippen molar-refractivity contribution in [3.8, 4) is 16.3 Å². The van der Waals surface area contributed by atoms with E-state index < -0.39 is 22.6 Å². The van der Waals surface area contributed by atoms with Crippen molar-refractivity contribution in [2.24, 2.45) is 0 Å². The molecule has 3 rings (SSSR count). The number of ether oxygens (including phenoxy) is 1. The molecule has 3 atom stereocenters. The third-order valence-corrected chi connectivity index (χ3v) is 7.90. The Hall–Kier alpha value is -1.90. The van der Waals surface area contributed by atoms with Gasteiger partial charge in [0.1, 0.15) is 13.5 Å². The van der Waals surface area contributed by atoms with Gasteiger partial charge in [-0.3, -0.25) is 4.39 Å². The van der Waals surface area contributed by atoms with E-state index in [2.05, 4.69) is 10.3 Å². The fourth-order valence-electron chi connectivity index (χ4n) is 3.50. The molecule has 0 aliphatic heterocycles. The molecule has 33 heavy (non-hydrogen) atoms. The van der Waals surface area contributed by atoms with E-state index in [1.54, 1.807) is 31.5 Å². The third-order valence-electron chi connectivity index (χ3n) is 5.26. The van der Waals surface area contributed by atoms with Crippen LogP contribution < -0.4 is 0 Å². The average molecular weight is 514 g/mol. The smallest absolute Gasteiger partial charge is 0.338 e. The van der Waals surface area contributed by atoms with Crippen molar-refractivity contribution in [2.75, 3.05) is 6.61 Å². The van der Waals surface area contributed by atoms with Gasteiger partial charge in [-0.25, -0.2) is 18.3 Å². The fraction of sp³-hybridized carbons (Fsp3) is 0.381. The molecule has 0 saturated heterocycles. The number of esters is 1. The van der Waals surface area contributed by atoms with E-state index in [1.165, 1.54) is 28.2 Å². The Kier molecular flexibility index (Phi) is 7.05. The quantitative estimate of drug-likeness (QED) is 0.231. The fourth-order valence-corrected chi connectivity index (χ4v) is 4.84. The number of halogens is 4. The van der Waals surface area contributed by atoms with Crippen molar-refractivity contribution in [1.29, 1.82) is 0 Å². The minimum absolute atomic E-state index is 0.0696. The van der Waals surface area contributed by atoms with Crippen LogP contribution in [0.5, 0.6) is 0 Å². The van der Waals surface area contributed by atoms with Gasteiger partial charge in [0, 0.05) is 12.3 Å². The first-order chi connectivity index (χ1) is 15.2. The molecular weight excluding hydrogens is 493 g/mol. The van der Waals surface area contributed by atoms with Crippen molar-refractivity contribution >= 4 is 46.0 Å². The lowest BCUT2D eigenvalue weighted by Crippen LogP contribution is -2.53. The molecule has 5 nitrogen and oxygen atoms in total. The maximum absolute atomic E-state index is 14.8. The van der Waals surface area contributed by atoms with Crippen molar-refractivity contribution in [2.45, 2.75) is 44.3 Å². The molecule has 0 aliphatic carbocycles. The van der Waals surface area contributed by atoms with Crippen LogP contribution in [0.1, 0.15) is 42.3 Å². The normalized spacial score (nSPS) is 15.7. The molecule has 0 saturated carbocycles. The summed E-state index contributed by atoms with van der Waals surface area (Å²) in [5, 5.41) is 7.52. The molecule has 2 heterocycles. The van der Waals surface area contributed by atoms with Gasteiger partial charge in [0.05, 0.1) is 44.7 Å².